The second-order valence-corrected chi connectivity index (χ2v) is 5.94. The zero-order valence-corrected chi connectivity index (χ0v) is 13.1. The molecule has 2 aromatic rings. The van der Waals surface area contributed by atoms with Gasteiger partial charge in [-0.05, 0) is 54.7 Å². The molecular weight excluding hydrogens is 293 g/mol. The molecule has 0 heterocycles. The average Bonchev–Trinajstić information content (AvgIpc) is 3.38. The van der Waals surface area contributed by atoms with Crippen molar-refractivity contribution < 1.29 is 13.9 Å². The van der Waals surface area contributed by atoms with Gasteiger partial charge in [0.05, 0.1) is 12.5 Å². The molecule has 1 amide bonds. The van der Waals surface area contributed by atoms with Gasteiger partial charge in [-0.2, -0.15) is 0 Å². The minimum absolute atomic E-state index is 0.0395. The molecule has 1 fully saturated rings. The van der Waals surface area contributed by atoms with E-state index in [-0.39, 0.29) is 11.7 Å². The molecule has 4 heteroatoms. The number of ether oxygens (including phenoxy) is 1. The van der Waals surface area contributed by atoms with Crippen molar-refractivity contribution in [3.05, 3.63) is 65.5 Å². The monoisotopic (exact) mass is 313 g/mol. The molecule has 1 aliphatic carbocycles. The summed E-state index contributed by atoms with van der Waals surface area (Å²) in [4.78, 5) is 12.5. The molecule has 0 unspecified atom stereocenters. The molecule has 1 N–H and O–H groups in total. The summed E-state index contributed by atoms with van der Waals surface area (Å²) in [5, 5.41) is 3.01. The highest BCUT2D eigenvalue weighted by Crippen LogP contribution is 2.48. The highest BCUT2D eigenvalue weighted by molar-refractivity contribution is 5.91. The minimum Gasteiger partial charge on any atom is -0.497 e. The Labute approximate surface area is 135 Å². The van der Waals surface area contributed by atoms with Gasteiger partial charge < -0.3 is 10.1 Å². The zero-order chi connectivity index (χ0) is 16.3. The lowest BCUT2D eigenvalue weighted by Gasteiger charge is -2.16. The Bertz CT molecular complexity index is 676. The SMILES string of the molecule is COc1ccc(CCNC(=O)C2(c3ccc(F)cc3)CC2)cc1. The lowest BCUT2D eigenvalue weighted by Crippen LogP contribution is -2.35. The van der Waals surface area contributed by atoms with Gasteiger partial charge in [0.1, 0.15) is 11.6 Å². The summed E-state index contributed by atoms with van der Waals surface area (Å²) in [5.41, 5.74) is 1.60. The maximum absolute atomic E-state index is 13.0. The van der Waals surface area contributed by atoms with Gasteiger partial charge in [0.15, 0.2) is 0 Å². The fourth-order valence-corrected chi connectivity index (χ4v) is 2.82. The van der Waals surface area contributed by atoms with E-state index >= 15 is 0 Å². The summed E-state index contributed by atoms with van der Waals surface area (Å²) < 4.78 is 18.2. The minimum atomic E-state index is -0.451. The van der Waals surface area contributed by atoms with E-state index in [0.717, 1.165) is 36.1 Å². The third kappa shape index (κ3) is 3.36. The Morgan fingerprint density at radius 1 is 1.13 bits per heavy atom. The molecule has 1 saturated carbocycles. The van der Waals surface area contributed by atoms with E-state index in [1.165, 1.54) is 12.1 Å². The predicted octanol–water partition coefficient (Wildman–Crippen LogP) is 3.22. The maximum Gasteiger partial charge on any atom is 0.230 e. The lowest BCUT2D eigenvalue weighted by atomic mass is 9.95. The molecule has 3 nitrogen and oxygen atoms in total. The Hall–Kier alpha value is -2.36. The highest BCUT2D eigenvalue weighted by atomic mass is 19.1. The molecule has 0 spiro atoms. The van der Waals surface area contributed by atoms with E-state index in [9.17, 15) is 9.18 Å². The number of amides is 1. The van der Waals surface area contributed by atoms with Crippen molar-refractivity contribution in [1.82, 2.24) is 5.32 Å². The zero-order valence-electron chi connectivity index (χ0n) is 13.1. The molecule has 3 rings (SSSR count). The number of halogens is 1. The number of methoxy groups -OCH3 is 1. The van der Waals surface area contributed by atoms with Crippen molar-refractivity contribution in [3.8, 4) is 5.75 Å². The van der Waals surface area contributed by atoms with Crippen LogP contribution in [0.4, 0.5) is 4.39 Å². The van der Waals surface area contributed by atoms with Crippen molar-refractivity contribution in [2.45, 2.75) is 24.7 Å². The topological polar surface area (TPSA) is 38.3 Å². The fraction of sp³-hybridized carbons (Fsp3) is 0.316. The van der Waals surface area contributed by atoms with E-state index in [0.29, 0.717) is 6.54 Å². The normalized spacial score (nSPS) is 15.0. The van der Waals surface area contributed by atoms with Gasteiger partial charge in [-0.25, -0.2) is 4.39 Å². The van der Waals surface area contributed by atoms with E-state index in [4.69, 9.17) is 4.74 Å². The summed E-state index contributed by atoms with van der Waals surface area (Å²) in [6.45, 7) is 0.591. The molecule has 0 radical (unpaired) electrons. The summed E-state index contributed by atoms with van der Waals surface area (Å²) in [7, 11) is 1.64. The van der Waals surface area contributed by atoms with Crippen LogP contribution in [0.3, 0.4) is 0 Å². The molecule has 0 saturated heterocycles. The molecule has 23 heavy (non-hydrogen) atoms. The molecule has 1 aliphatic rings. The van der Waals surface area contributed by atoms with E-state index in [2.05, 4.69) is 5.32 Å². The van der Waals surface area contributed by atoms with Crippen LogP contribution in [-0.2, 0) is 16.6 Å². The van der Waals surface area contributed by atoms with Crippen LogP contribution in [0.25, 0.3) is 0 Å². The highest BCUT2D eigenvalue weighted by Gasteiger charge is 2.50. The first-order valence-electron chi connectivity index (χ1n) is 7.81. The van der Waals surface area contributed by atoms with Crippen LogP contribution >= 0.6 is 0 Å². The second kappa shape index (κ2) is 6.41. The van der Waals surface area contributed by atoms with Crippen LogP contribution in [0.5, 0.6) is 5.75 Å². The number of carbonyl (C=O) groups excluding carboxylic acids is 1. The van der Waals surface area contributed by atoms with Gasteiger partial charge in [-0.3, -0.25) is 4.79 Å². The summed E-state index contributed by atoms with van der Waals surface area (Å²) in [6.07, 6.45) is 2.43. The maximum atomic E-state index is 13.0. The number of hydrogen-bond donors (Lipinski definition) is 1. The standard InChI is InChI=1S/C19H20FNO2/c1-23-17-8-2-14(3-9-17)10-13-21-18(22)19(11-12-19)15-4-6-16(20)7-5-15/h2-9H,10-13H2,1H3,(H,21,22). The Balaban J connectivity index is 1.55. The Kier molecular flexibility index (Phi) is 4.33. The smallest absolute Gasteiger partial charge is 0.230 e. The molecule has 120 valence electrons. The van der Waals surface area contributed by atoms with Crippen molar-refractivity contribution in [3.63, 3.8) is 0 Å². The van der Waals surface area contributed by atoms with E-state index in [1.54, 1.807) is 19.2 Å². The number of nitrogens with one attached hydrogen (secondary N) is 1. The van der Waals surface area contributed by atoms with Crippen LogP contribution in [0, 0.1) is 5.82 Å². The molecule has 0 aliphatic heterocycles. The van der Waals surface area contributed by atoms with Crippen LogP contribution in [0.1, 0.15) is 24.0 Å². The average molecular weight is 313 g/mol. The Morgan fingerprint density at radius 2 is 1.78 bits per heavy atom. The molecule has 0 atom stereocenters. The van der Waals surface area contributed by atoms with Crippen molar-refractivity contribution >= 4 is 5.91 Å². The van der Waals surface area contributed by atoms with Gasteiger partial charge in [0.2, 0.25) is 5.91 Å². The number of rotatable bonds is 6. The van der Waals surface area contributed by atoms with Gasteiger partial charge in [0, 0.05) is 6.54 Å². The van der Waals surface area contributed by atoms with Crippen LogP contribution in [0.15, 0.2) is 48.5 Å². The van der Waals surface area contributed by atoms with Gasteiger partial charge in [-0.1, -0.05) is 24.3 Å². The largest absolute Gasteiger partial charge is 0.497 e. The molecule has 2 aromatic carbocycles. The van der Waals surface area contributed by atoms with Gasteiger partial charge >= 0.3 is 0 Å². The first-order valence-corrected chi connectivity index (χ1v) is 7.81. The summed E-state index contributed by atoms with van der Waals surface area (Å²) >= 11 is 0. The van der Waals surface area contributed by atoms with E-state index in [1.807, 2.05) is 24.3 Å². The molecule has 0 bridgehead atoms. The van der Waals surface area contributed by atoms with Crippen molar-refractivity contribution in [2.75, 3.05) is 13.7 Å². The lowest BCUT2D eigenvalue weighted by molar-refractivity contribution is -0.123. The quantitative estimate of drug-likeness (QED) is 0.889. The van der Waals surface area contributed by atoms with Crippen molar-refractivity contribution in [2.24, 2.45) is 0 Å². The van der Waals surface area contributed by atoms with Gasteiger partial charge in [-0.15, -0.1) is 0 Å². The first kappa shape index (κ1) is 15.5. The number of carbonyl (C=O) groups is 1. The number of hydrogen-bond acceptors (Lipinski definition) is 2. The van der Waals surface area contributed by atoms with Crippen LogP contribution in [0.2, 0.25) is 0 Å². The second-order valence-electron chi connectivity index (χ2n) is 5.94. The third-order valence-corrected chi connectivity index (χ3v) is 4.44. The summed E-state index contributed by atoms with van der Waals surface area (Å²) in [6, 6.07) is 14.1. The fourth-order valence-electron chi connectivity index (χ4n) is 2.82. The predicted molar refractivity (Wildman–Crippen MR) is 87.0 cm³/mol. The first-order chi connectivity index (χ1) is 11.1. The molecule has 0 aromatic heterocycles. The molecular formula is C19H20FNO2. The third-order valence-electron chi connectivity index (χ3n) is 4.44. The number of benzene rings is 2. The summed E-state index contributed by atoms with van der Waals surface area (Å²) in [5.74, 6) is 0.591. The van der Waals surface area contributed by atoms with Crippen molar-refractivity contribution in [1.29, 1.82) is 0 Å². The van der Waals surface area contributed by atoms with Crippen LogP contribution < -0.4 is 10.1 Å². The van der Waals surface area contributed by atoms with Crippen LogP contribution in [-0.4, -0.2) is 19.6 Å². The Morgan fingerprint density at radius 3 is 2.35 bits per heavy atom. The van der Waals surface area contributed by atoms with E-state index < -0.39 is 5.41 Å². The van der Waals surface area contributed by atoms with Gasteiger partial charge in [0.25, 0.3) is 0 Å².